The van der Waals surface area contributed by atoms with Crippen molar-refractivity contribution < 1.29 is 17.9 Å². The lowest BCUT2D eigenvalue weighted by Gasteiger charge is -2.18. The lowest BCUT2D eigenvalue weighted by molar-refractivity contribution is -0.118. The lowest BCUT2D eigenvalue weighted by atomic mass is 10.2. The average molecular weight is 409 g/mol. The summed E-state index contributed by atoms with van der Waals surface area (Å²) in [6, 6.07) is 11.8. The van der Waals surface area contributed by atoms with E-state index in [0.717, 1.165) is 18.4 Å². The third kappa shape index (κ3) is 4.80. The van der Waals surface area contributed by atoms with Gasteiger partial charge in [0.05, 0.1) is 0 Å². The highest BCUT2D eigenvalue weighted by atomic mass is 35.5. The molecule has 2 aromatic rings. The average Bonchev–Trinajstić information content (AvgIpc) is 3.16. The van der Waals surface area contributed by atoms with Gasteiger partial charge in [0.2, 0.25) is 10.0 Å². The molecule has 144 valence electrons. The highest BCUT2D eigenvalue weighted by Gasteiger charge is 2.30. The van der Waals surface area contributed by atoms with Gasteiger partial charge in [0.1, 0.15) is 10.6 Å². The zero-order valence-corrected chi connectivity index (χ0v) is 16.5. The molecule has 1 aliphatic rings. The van der Waals surface area contributed by atoms with Gasteiger partial charge in [-0.25, -0.2) is 8.42 Å². The maximum absolute atomic E-state index is 12.9. The fraction of sp³-hybridized carbons (Fsp3) is 0.316. The van der Waals surface area contributed by atoms with Crippen molar-refractivity contribution in [3.63, 3.8) is 0 Å². The molecule has 0 unspecified atom stereocenters. The smallest absolute Gasteiger partial charge is 0.262 e. The van der Waals surface area contributed by atoms with Crippen molar-refractivity contribution in [1.82, 2.24) is 4.31 Å². The van der Waals surface area contributed by atoms with Gasteiger partial charge in [0.25, 0.3) is 5.91 Å². The third-order valence-electron chi connectivity index (χ3n) is 4.25. The van der Waals surface area contributed by atoms with Crippen LogP contribution in [0.1, 0.15) is 18.4 Å². The first-order chi connectivity index (χ1) is 12.9. The van der Waals surface area contributed by atoms with Crippen LogP contribution in [-0.2, 0) is 14.8 Å². The summed E-state index contributed by atoms with van der Waals surface area (Å²) in [6.07, 6.45) is 1.66. The van der Waals surface area contributed by atoms with E-state index >= 15 is 0 Å². The molecule has 0 radical (unpaired) electrons. The fourth-order valence-electron chi connectivity index (χ4n) is 2.93. The van der Waals surface area contributed by atoms with E-state index in [1.807, 2.05) is 25.1 Å². The zero-order chi connectivity index (χ0) is 19.4. The SMILES string of the molecule is Cc1cccc(NC(=O)COc2ccc(Cl)cc2S(=O)(=O)N2CCCC2)c1. The van der Waals surface area contributed by atoms with Crippen LogP contribution < -0.4 is 10.1 Å². The van der Waals surface area contributed by atoms with E-state index in [4.69, 9.17) is 16.3 Å². The molecule has 1 saturated heterocycles. The summed E-state index contributed by atoms with van der Waals surface area (Å²) in [7, 11) is -3.71. The summed E-state index contributed by atoms with van der Waals surface area (Å²) in [5, 5.41) is 3.02. The van der Waals surface area contributed by atoms with Crippen molar-refractivity contribution in [1.29, 1.82) is 0 Å². The number of hydrogen-bond donors (Lipinski definition) is 1. The zero-order valence-electron chi connectivity index (χ0n) is 14.9. The molecule has 1 heterocycles. The van der Waals surface area contributed by atoms with Crippen molar-refractivity contribution >= 4 is 33.2 Å². The standard InChI is InChI=1S/C19H21ClN2O4S/c1-14-5-4-6-16(11-14)21-19(23)13-26-17-8-7-15(20)12-18(17)27(24,25)22-9-2-3-10-22/h4-8,11-12H,2-3,9-10,13H2,1H3,(H,21,23). The highest BCUT2D eigenvalue weighted by Crippen LogP contribution is 2.31. The summed E-state index contributed by atoms with van der Waals surface area (Å²) in [6.45, 7) is 2.57. The van der Waals surface area contributed by atoms with Gasteiger partial charge >= 0.3 is 0 Å². The van der Waals surface area contributed by atoms with Gasteiger partial charge in [-0.05, 0) is 55.7 Å². The molecule has 0 spiro atoms. The molecule has 3 rings (SSSR count). The quantitative estimate of drug-likeness (QED) is 0.794. The molecule has 2 aromatic carbocycles. The Bertz CT molecular complexity index is 940. The van der Waals surface area contributed by atoms with E-state index < -0.39 is 10.0 Å². The minimum Gasteiger partial charge on any atom is -0.482 e. The molecule has 0 bridgehead atoms. The number of carbonyl (C=O) groups excluding carboxylic acids is 1. The third-order valence-corrected chi connectivity index (χ3v) is 6.40. The van der Waals surface area contributed by atoms with Crippen molar-refractivity contribution in [3.8, 4) is 5.75 Å². The Morgan fingerprint density at radius 1 is 1.19 bits per heavy atom. The van der Waals surface area contributed by atoms with Crippen LogP contribution in [0.2, 0.25) is 5.02 Å². The Morgan fingerprint density at radius 2 is 1.93 bits per heavy atom. The summed E-state index contributed by atoms with van der Waals surface area (Å²) in [4.78, 5) is 12.1. The molecule has 0 atom stereocenters. The first kappa shape index (κ1) is 19.7. The van der Waals surface area contributed by atoms with Crippen molar-refractivity contribution in [2.24, 2.45) is 0 Å². The molecular weight excluding hydrogens is 388 g/mol. The Kier molecular flexibility index (Phi) is 6.04. The van der Waals surface area contributed by atoms with E-state index in [2.05, 4.69) is 5.32 Å². The number of nitrogens with zero attached hydrogens (tertiary/aromatic N) is 1. The fourth-order valence-corrected chi connectivity index (χ4v) is 4.84. The Morgan fingerprint density at radius 3 is 2.63 bits per heavy atom. The predicted octanol–water partition coefficient (Wildman–Crippen LogP) is 3.45. The molecule has 1 fully saturated rings. The Balaban J connectivity index is 1.74. The molecule has 0 saturated carbocycles. The normalized spacial score (nSPS) is 14.9. The van der Waals surface area contributed by atoms with E-state index in [1.165, 1.54) is 16.4 Å². The van der Waals surface area contributed by atoms with Gasteiger partial charge in [-0.2, -0.15) is 4.31 Å². The minimum atomic E-state index is -3.71. The van der Waals surface area contributed by atoms with Gasteiger partial charge < -0.3 is 10.1 Å². The molecule has 27 heavy (non-hydrogen) atoms. The van der Waals surface area contributed by atoms with E-state index in [0.29, 0.717) is 23.8 Å². The van der Waals surface area contributed by atoms with Crippen LogP contribution in [0.5, 0.6) is 5.75 Å². The van der Waals surface area contributed by atoms with Crippen molar-refractivity contribution in [2.45, 2.75) is 24.7 Å². The molecule has 1 amide bonds. The number of benzene rings is 2. The first-order valence-electron chi connectivity index (χ1n) is 8.65. The summed E-state index contributed by atoms with van der Waals surface area (Å²) < 4.78 is 32.7. The summed E-state index contributed by atoms with van der Waals surface area (Å²) >= 11 is 6.00. The van der Waals surface area contributed by atoms with Gasteiger partial charge in [0, 0.05) is 23.8 Å². The first-order valence-corrected chi connectivity index (χ1v) is 10.5. The van der Waals surface area contributed by atoms with Crippen LogP contribution >= 0.6 is 11.6 Å². The number of aryl methyl sites for hydroxylation is 1. The van der Waals surface area contributed by atoms with Crippen molar-refractivity contribution in [3.05, 3.63) is 53.1 Å². The second kappa shape index (κ2) is 8.29. The van der Waals surface area contributed by atoms with Crippen LogP contribution in [0.15, 0.2) is 47.4 Å². The van der Waals surface area contributed by atoms with Gasteiger partial charge in [0.15, 0.2) is 6.61 Å². The van der Waals surface area contributed by atoms with Gasteiger partial charge in [-0.1, -0.05) is 23.7 Å². The second-order valence-corrected chi connectivity index (χ2v) is 8.75. The van der Waals surface area contributed by atoms with Gasteiger partial charge in [-0.15, -0.1) is 0 Å². The number of hydrogen-bond acceptors (Lipinski definition) is 4. The number of carbonyl (C=O) groups is 1. The predicted molar refractivity (Wildman–Crippen MR) is 105 cm³/mol. The molecule has 6 nitrogen and oxygen atoms in total. The summed E-state index contributed by atoms with van der Waals surface area (Å²) in [5.74, 6) is -0.259. The number of anilines is 1. The van der Waals surface area contributed by atoms with Crippen LogP contribution in [0, 0.1) is 6.92 Å². The maximum Gasteiger partial charge on any atom is 0.262 e. The Labute approximate surface area is 164 Å². The molecule has 1 N–H and O–H groups in total. The molecule has 0 aliphatic carbocycles. The minimum absolute atomic E-state index is 0.0137. The number of amides is 1. The van der Waals surface area contributed by atoms with Crippen LogP contribution in [0.4, 0.5) is 5.69 Å². The second-order valence-electron chi connectivity index (χ2n) is 6.41. The van der Waals surface area contributed by atoms with E-state index in [9.17, 15) is 13.2 Å². The molecular formula is C19H21ClN2O4S. The Hall–Kier alpha value is -2.09. The maximum atomic E-state index is 12.9. The molecule has 0 aromatic heterocycles. The molecule has 8 heteroatoms. The number of sulfonamides is 1. The monoisotopic (exact) mass is 408 g/mol. The van der Waals surface area contributed by atoms with Gasteiger partial charge in [-0.3, -0.25) is 4.79 Å². The van der Waals surface area contributed by atoms with Crippen LogP contribution in [-0.4, -0.2) is 38.3 Å². The number of nitrogens with one attached hydrogen (secondary N) is 1. The largest absolute Gasteiger partial charge is 0.482 e. The van der Waals surface area contributed by atoms with Crippen molar-refractivity contribution in [2.75, 3.05) is 25.0 Å². The lowest BCUT2D eigenvalue weighted by Crippen LogP contribution is -2.28. The number of rotatable bonds is 6. The van der Waals surface area contributed by atoms with E-state index in [-0.39, 0.29) is 23.2 Å². The van der Waals surface area contributed by atoms with Crippen LogP contribution in [0.3, 0.4) is 0 Å². The number of ether oxygens (including phenoxy) is 1. The summed E-state index contributed by atoms with van der Waals surface area (Å²) in [5.41, 5.74) is 1.68. The number of halogens is 1. The molecule has 1 aliphatic heterocycles. The highest BCUT2D eigenvalue weighted by molar-refractivity contribution is 7.89. The topological polar surface area (TPSA) is 75.7 Å². The van der Waals surface area contributed by atoms with Crippen LogP contribution in [0.25, 0.3) is 0 Å². The van der Waals surface area contributed by atoms with E-state index in [1.54, 1.807) is 12.1 Å².